The van der Waals surface area contributed by atoms with Crippen molar-refractivity contribution in [1.29, 1.82) is 0 Å². The number of amides is 1. The van der Waals surface area contributed by atoms with Crippen LogP contribution in [0.4, 0.5) is 0 Å². The molecular formula is C13H29ClN2O. The van der Waals surface area contributed by atoms with Gasteiger partial charge < -0.3 is 11.1 Å². The molecule has 3 nitrogen and oxygen atoms in total. The molecule has 0 saturated carbocycles. The van der Waals surface area contributed by atoms with E-state index in [2.05, 4.69) is 12.2 Å². The smallest absolute Gasteiger partial charge is 0.237 e. The lowest BCUT2D eigenvalue weighted by molar-refractivity contribution is -0.123. The molecule has 0 aliphatic heterocycles. The quantitative estimate of drug-likeness (QED) is 0.629. The highest BCUT2D eigenvalue weighted by molar-refractivity contribution is 5.85. The Kier molecular flexibility index (Phi) is 13.7. The third-order valence-corrected chi connectivity index (χ3v) is 2.85. The number of nitrogens with two attached hydrogens (primary N) is 1. The van der Waals surface area contributed by atoms with Crippen molar-refractivity contribution in [2.24, 2.45) is 11.7 Å². The number of nitrogens with one attached hydrogen (secondary N) is 1. The van der Waals surface area contributed by atoms with Crippen LogP contribution in [0.2, 0.25) is 0 Å². The highest BCUT2D eigenvalue weighted by atomic mass is 35.5. The Hall–Kier alpha value is -0.280. The molecule has 0 aromatic heterocycles. The first kappa shape index (κ1) is 19.1. The number of unbranched alkanes of at least 4 members (excludes halogenated alkanes) is 5. The van der Waals surface area contributed by atoms with Crippen LogP contribution >= 0.6 is 12.4 Å². The summed E-state index contributed by atoms with van der Waals surface area (Å²) < 4.78 is 0. The molecule has 1 amide bonds. The lowest BCUT2D eigenvalue weighted by Crippen LogP contribution is -2.44. The van der Waals surface area contributed by atoms with Gasteiger partial charge in [0.25, 0.3) is 0 Å². The summed E-state index contributed by atoms with van der Waals surface area (Å²) >= 11 is 0. The van der Waals surface area contributed by atoms with Gasteiger partial charge in [-0.3, -0.25) is 4.79 Å². The topological polar surface area (TPSA) is 55.1 Å². The molecular weight excluding hydrogens is 236 g/mol. The predicted octanol–water partition coefficient (Wildman–Crippen LogP) is 2.87. The maximum absolute atomic E-state index is 11.5. The maximum Gasteiger partial charge on any atom is 0.237 e. The molecule has 0 aromatic rings. The molecule has 0 radical (unpaired) electrons. The molecule has 0 fully saturated rings. The maximum atomic E-state index is 11.5. The third-order valence-electron chi connectivity index (χ3n) is 2.85. The van der Waals surface area contributed by atoms with Gasteiger partial charge in [0, 0.05) is 6.54 Å². The van der Waals surface area contributed by atoms with Crippen LogP contribution in [-0.4, -0.2) is 18.5 Å². The van der Waals surface area contributed by atoms with E-state index in [0.717, 1.165) is 13.0 Å². The molecule has 0 heterocycles. The van der Waals surface area contributed by atoms with Crippen molar-refractivity contribution in [2.75, 3.05) is 6.54 Å². The number of hydrogen-bond donors (Lipinski definition) is 2. The van der Waals surface area contributed by atoms with Gasteiger partial charge in [0.1, 0.15) is 0 Å². The van der Waals surface area contributed by atoms with Gasteiger partial charge in [0.2, 0.25) is 5.91 Å². The molecule has 0 rings (SSSR count). The lowest BCUT2D eigenvalue weighted by atomic mass is 10.0. The normalized spacial score (nSPS) is 12.1. The lowest BCUT2D eigenvalue weighted by Gasteiger charge is -2.15. The van der Waals surface area contributed by atoms with Gasteiger partial charge in [0.15, 0.2) is 0 Å². The molecule has 0 bridgehead atoms. The van der Waals surface area contributed by atoms with Crippen molar-refractivity contribution >= 4 is 18.3 Å². The average Bonchev–Trinajstić information content (AvgIpc) is 2.26. The van der Waals surface area contributed by atoms with Crippen LogP contribution in [-0.2, 0) is 4.79 Å². The number of rotatable bonds is 9. The minimum absolute atomic E-state index is 0. The Labute approximate surface area is 112 Å². The zero-order valence-corrected chi connectivity index (χ0v) is 12.3. The molecule has 0 aliphatic rings. The van der Waals surface area contributed by atoms with E-state index < -0.39 is 0 Å². The van der Waals surface area contributed by atoms with Crippen LogP contribution in [0, 0.1) is 5.92 Å². The highest BCUT2D eigenvalue weighted by Gasteiger charge is 2.15. The summed E-state index contributed by atoms with van der Waals surface area (Å²) in [6.07, 6.45) is 7.47. The first-order chi connectivity index (χ1) is 7.59. The summed E-state index contributed by atoms with van der Waals surface area (Å²) in [6.45, 7) is 6.92. The van der Waals surface area contributed by atoms with E-state index in [4.69, 9.17) is 5.73 Å². The third kappa shape index (κ3) is 10.6. The first-order valence-electron chi connectivity index (χ1n) is 6.62. The summed E-state index contributed by atoms with van der Waals surface area (Å²) in [5, 5.41) is 2.89. The average molecular weight is 265 g/mol. The largest absolute Gasteiger partial charge is 0.355 e. The van der Waals surface area contributed by atoms with E-state index in [1.807, 2.05) is 13.8 Å². The van der Waals surface area contributed by atoms with E-state index >= 15 is 0 Å². The molecule has 17 heavy (non-hydrogen) atoms. The van der Waals surface area contributed by atoms with Gasteiger partial charge in [-0.05, 0) is 12.3 Å². The van der Waals surface area contributed by atoms with Crippen LogP contribution in [0.1, 0.15) is 59.3 Å². The fourth-order valence-corrected chi connectivity index (χ4v) is 1.54. The number of hydrogen-bond acceptors (Lipinski definition) is 2. The Morgan fingerprint density at radius 1 is 1.12 bits per heavy atom. The van der Waals surface area contributed by atoms with Crippen molar-refractivity contribution in [3.05, 3.63) is 0 Å². The summed E-state index contributed by atoms with van der Waals surface area (Å²) in [5.41, 5.74) is 5.73. The fraction of sp³-hybridized carbons (Fsp3) is 0.923. The van der Waals surface area contributed by atoms with Crippen molar-refractivity contribution in [3.63, 3.8) is 0 Å². The van der Waals surface area contributed by atoms with Gasteiger partial charge in [-0.2, -0.15) is 0 Å². The van der Waals surface area contributed by atoms with Crippen LogP contribution in [0.3, 0.4) is 0 Å². The Balaban J connectivity index is 0. The van der Waals surface area contributed by atoms with Crippen LogP contribution < -0.4 is 11.1 Å². The van der Waals surface area contributed by atoms with Crippen molar-refractivity contribution in [3.8, 4) is 0 Å². The van der Waals surface area contributed by atoms with E-state index in [-0.39, 0.29) is 30.3 Å². The summed E-state index contributed by atoms with van der Waals surface area (Å²) in [7, 11) is 0. The molecule has 4 heteroatoms. The Morgan fingerprint density at radius 2 is 1.65 bits per heavy atom. The van der Waals surface area contributed by atoms with Crippen molar-refractivity contribution in [2.45, 2.75) is 65.3 Å². The molecule has 3 N–H and O–H groups in total. The monoisotopic (exact) mass is 264 g/mol. The van der Waals surface area contributed by atoms with E-state index in [9.17, 15) is 4.79 Å². The van der Waals surface area contributed by atoms with E-state index in [1.54, 1.807) is 0 Å². The fourth-order valence-electron chi connectivity index (χ4n) is 1.54. The molecule has 0 aliphatic carbocycles. The highest BCUT2D eigenvalue weighted by Crippen LogP contribution is 2.04. The minimum atomic E-state index is -0.361. The first-order valence-corrected chi connectivity index (χ1v) is 6.62. The van der Waals surface area contributed by atoms with Crippen LogP contribution in [0.25, 0.3) is 0 Å². The zero-order valence-electron chi connectivity index (χ0n) is 11.5. The Morgan fingerprint density at radius 3 is 2.18 bits per heavy atom. The summed E-state index contributed by atoms with van der Waals surface area (Å²) in [4.78, 5) is 11.5. The number of halogens is 1. The van der Waals surface area contributed by atoms with Gasteiger partial charge in [-0.25, -0.2) is 0 Å². The van der Waals surface area contributed by atoms with Gasteiger partial charge >= 0.3 is 0 Å². The van der Waals surface area contributed by atoms with Crippen LogP contribution in [0.15, 0.2) is 0 Å². The van der Waals surface area contributed by atoms with E-state index in [1.165, 1.54) is 32.1 Å². The van der Waals surface area contributed by atoms with Crippen LogP contribution in [0.5, 0.6) is 0 Å². The standard InChI is InChI=1S/C13H28N2O.ClH/c1-4-5-6-7-8-9-10-15-13(16)12(14)11(2)3;/h11-12H,4-10,14H2,1-3H3,(H,15,16);1H/t12-;/m0./s1. The zero-order chi connectivity index (χ0) is 12.4. The molecule has 0 spiro atoms. The SMILES string of the molecule is CCCCCCCCNC(=O)[C@@H](N)C(C)C.Cl. The van der Waals surface area contributed by atoms with Gasteiger partial charge in [0.05, 0.1) is 6.04 Å². The molecule has 0 aromatic carbocycles. The van der Waals surface area contributed by atoms with Gasteiger partial charge in [-0.1, -0.05) is 52.9 Å². The van der Waals surface area contributed by atoms with Gasteiger partial charge in [-0.15, -0.1) is 12.4 Å². The second-order valence-electron chi connectivity index (χ2n) is 4.83. The predicted molar refractivity (Wildman–Crippen MR) is 76.4 cm³/mol. The number of carbonyl (C=O) groups is 1. The minimum Gasteiger partial charge on any atom is -0.355 e. The number of carbonyl (C=O) groups excluding carboxylic acids is 1. The molecule has 0 saturated heterocycles. The Bertz CT molecular complexity index is 186. The second-order valence-corrected chi connectivity index (χ2v) is 4.83. The summed E-state index contributed by atoms with van der Waals surface area (Å²) in [6, 6.07) is -0.361. The molecule has 104 valence electrons. The summed E-state index contributed by atoms with van der Waals surface area (Å²) in [5.74, 6) is 0.202. The molecule has 0 unspecified atom stereocenters. The molecule has 1 atom stereocenters. The van der Waals surface area contributed by atoms with E-state index in [0.29, 0.717) is 0 Å². The van der Waals surface area contributed by atoms with Crippen molar-refractivity contribution < 1.29 is 4.79 Å². The van der Waals surface area contributed by atoms with Crippen molar-refractivity contribution in [1.82, 2.24) is 5.32 Å². The second kappa shape index (κ2) is 12.2.